The van der Waals surface area contributed by atoms with Gasteiger partial charge in [-0.3, -0.25) is 4.40 Å². The molecule has 4 rings (SSSR count). The third kappa shape index (κ3) is 2.46. The molecule has 0 aliphatic rings. The first-order valence-electron chi connectivity index (χ1n) is 6.97. The van der Waals surface area contributed by atoms with Crippen molar-refractivity contribution < 1.29 is 8.78 Å². The summed E-state index contributed by atoms with van der Waals surface area (Å²) in [6, 6.07) is 9.01. The zero-order valence-electron chi connectivity index (χ0n) is 11.9. The van der Waals surface area contributed by atoms with Crippen LogP contribution in [0.5, 0.6) is 0 Å². The molecule has 0 N–H and O–H groups in total. The van der Waals surface area contributed by atoms with Gasteiger partial charge in [-0.1, -0.05) is 5.21 Å². The minimum absolute atomic E-state index is 0.318. The lowest BCUT2D eigenvalue weighted by Crippen LogP contribution is -2.05. The summed E-state index contributed by atoms with van der Waals surface area (Å²) < 4.78 is 30.1. The summed E-state index contributed by atoms with van der Waals surface area (Å²) in [6.07, 6.45) is 4.66. The fourth-order valence-electron chi connectivity index (χ4n) is 2.53. The van der Waals surface area contributed by atoms with E-state index in [1.165, 1.54) is 24.4 Å². The smallest absolute Gasteiger partial charge is 0.139 e. The van der Waals surface area contributed by atoms with E-state index < -0.39 is 0 Å². The number of benzene rings is 1. The molecule has 0 aliphatic carbocycles. The lowest BCUT2D eigenvalue weighted by molar-refractivity contribution is 0.609. The van der Waals surface area contributed by atoms with Crippen LogP contribution < -0.4 is 0 Å². The molecule has 3 aromatic heterocycles. The summed E-state index contributed by atoms with van der Waals surface area (Å²) in [5.41, 5.74) is 2.77. The van der Waals surface area contributed by atoms with Crippen molar-refractivity contribution in [2.24, 2.45) is 0 Å². The highest BCUT2D eigenvalue weighted by Gasteiger charge is 2.15. The quantitative estimate of drug-likeness (QED) is 0.584. The van der Waals surface area contributed by atoms with Crippen LogP contribution >= 0.6 is 0 Å². The van der Waals surface area contributed by atoms with Crippen molar-refractivity contribution in [2.75, 3.05) is 0 Å². The molecule has 0 bridgehead atoms. The second-order valence-electron chi connectivity index (χ2n) is 5.09. The van der Waals surface area contributed by atoms with Gasteiger partial charge < -0.3 is 0 Å². The Kier molecular flexibility index (Phi) is 3.11. The molecule has 0 saturated carbocycles. The van der Waals surface area contributed by atoms with Crippen molar-refractivity contribution in [3.8, 4) is 11.3 Å². The molecule has 0 fully saturated rings. The van der Waals surface area contributed by atoms with E-state index in [4.69, 9.17) is 0 Å². The van der Waals surface area contributed by atoms with Crippen LogP contribution in [0.25, 0.3) is 16.9 Å². The van der Waals surface area contributed by atoms with Crippen molar-refractivity contribution in [1.82, 2.24) is 24.4 Å². The number of fused-ring (bicyclic) bond motifs is 1. The van der Waals surface area contributed by atoms with Crippen molar-refractivity contribution >= 4 is 5.65 Å². The Hall–Kier alpha value is -3.09. The van der Waals surface area contributed by atoms with Crippen LogP contribution in [-0.2, 0) is 6.54 Å². The van der Waals surface area contributed by atoms with Crippen LogP contribution in [0.1, 0.15) is 5.69 Å². The fourth-order valence-corrected chi connectivity index (χ4v) is 2.53. The first-order chi connectivity index (χ1) is 11.2. The molecule has 0 aliphatic heterocycles. The lowest BCUT2D eigenvalue weighted by atomic mass is 10.1. The zero-order valence-corrected chi connectivity index (χ0v) is 11.9. The number of aromatic nitrogens is 5. The molecular formula is C16H11F2N5. The topological polar surface area (TPSA) is 48.0 Å². The SMILES string of the molecule is Fc1ccc(-c2nc3ccc(F)cn3c2Cn2ccnn2)cc1. The predicted molar refractivity (Wildman–Crippen MR) is 79.7 cm³/mol. The van der Waals surface area contributed by atoms with Gasteiger partial charge in [0.05, 0.1) is 24.1 Å². The van der Waals surface area contributed by atoms with E-state index >= 15 is 0 Å². The van der Waals surface area contributed by atoms with Gasteiger partial charge in [0.1, 0.15) is 17.3 Å². The third-order valence-corrected chi connectivity index (χ3v) is 3.58. The first kappa shape index (κ1) is 13.6. The molecular weight excluding hydrogens is 300 g/mol. The number of halogens is 2. The Balaban J connectivity index is 1.93. The molecule has 0 atom stereocenters. The second kappa shape index (κ2) is 5.28. The molecule has 0 amide bonds. The van der Waals surface area contributed by atoms with E-state index in [0.717, 1.165) is 11.3 Å². The molecule has 3 heterocycles. The van der Waals surface area contributed by atoms with Crippen LogP contribution in [-0.4, -0.2) is 24.4 Å². The van der Waals surface area contributed by atoms with Crippen LogP contribution in [0.3, 0.4) is 0 Å². The Bertz CT molecular complexity index is 958. The number of imidazole rings is 1. The van der Waals surface area contributed by atoms with Crippen molar-refractivity contribution in [3.05, 3.63) is 72.3 Å². The summed E-state index contributed by atoms with van der Waals surface area (Å²) in [6.45, 7) is 0.372. The highest BCUT2D eigenvalue weighted by molar-refractivity contribution is 5.66. The van der Waals surface area contributed by atoms with Gasteiger partial charge in [0, 0.05) is 18.0 Å². The number of hydrogen-bond acceptors (Lipinski definition) is 3. The highest BCUT2D eigenvalue weighted by atomic mass is 19.1. The average Bonchev–Trinajstić information content (AvgIpc) is 3.17. The fraction of sp³-hybridized carbons (Fsp3) is 0.0625. The van der Waals surface area contributed by atoms with Gasteiger partial charge in [0.25, 0.3) is 0 Å². The Morgan fingerprint density at radius 3 is 2.48 bits per heavy atom. The molecule has 114 valence electrons. The first-order valence-corrected chi connectivity index (χ1v) is 6.97. The summed E-state index contributed by atoms with van der Waals surface area (Å²) in [7, 11) is 0. The molecule has 0 unspecified atom stereocenters. The number of pyridine rings is 1. The van der Waals surface area contributed by atoms with E-state index in [9.17, 15) is 8.78 Å². The third-order valence-electron chi connectivity index (χ3n) is 3.58. The largest absolute Gasteiger partial charge is 0.299 e. The van der Waals surface area contributed by atoms with E-state index in [0.29, 0.717) is 17.9 Å². The highest BCUT2D eigenvalue weighted by Crippen LogP contribution is 2.25. The van der Waals surface area contributed by atoms with Gasteiger partial charge in [-0.2, -0.15) is 0 Å². The lowest BCUT2D eigenvalue weighted by Gasteiger charge is -2.05. The zero-order chi connectivity index (χ0) is 15.8. The molecule has 1 aromatic carbocycles. The average molecular weight is 311 g/mol. The van der Waals surface area contributed by atoms with E-state index in [-0.39, 0.29) is 11.6 Å². The van der Waals surface area contributed by atoms with Gasteiger partial charge in [0.2, 0.25) is 0 Å². The minimum atomic E-state index is -0.361. The maximum atomic E-state index is 13.6. The number of hydrogen-bond donors (Lipinski definition) is 0. The summed E-state index contributed by atoms with van der Waals surface area (Å²) >= 11 is 0. The molecule has 0 spiro atoms. The monoisotopic (exact) mass is 311 g/mol. The molecule has 0 saturated heterocycles. The number of nitrogens with zero attached hydrogens (tertiary/aromatic N) is 5. The van der Waals surface area contributed by atoms with Crippen molar-refractivity contribution in [3.63, 3.8) is 0 Å². The van der Waals surface area contributed by atoms with Crippen molar-refractivity contribution in [2.45, 2.75) is 6.54 Å². The van der Waals surface area contributed by atoms with Crippen LogP contribution in [0, 0.1) is 11.6 Å². The normalized spacial score (nSPS) is 11.2. The Labute approximate surface area is 129 Å². The molecule has 0 radical (unpaired) electrons. The standard InChI is InChI=1S/C16H11F2N5/c17-12-3-1-11(2-4-12)16-14(10-22-8-7-19-21-22)23-9-13(18)5-6-15(23)20-16/h1-9H,10H2. The van der Waals surface area contributed by atoms with Gasteiger partial charge >= 0.3 is 0 Å². The van der Waals surface area contributed by atoms with Crippen LogP contribution in [0.4, 0.5) is 8.78 Å². The predicted octanol–water partition coefficient (Wildman–Crippen LogP) is 2.92. The van der Waals surface area contributed by atoms with Crippen molar-refractivity contribution in [1.29, 1.82) is 0 Å². The minimum Gasteiger partial charge on any atom is -0.299 e. The molecule has 4 aromatic rings. The maximum Gasteiger partial charge on any atom is 0.139 e. The molecule has 5 nitrogen and oxygen atoms in total. The molecule has 23 heavy (non-hydrogen) atoms. The van der Waals surface area contributed by atoms with Crippen LogP contribution in [0.2, 0.25) is 0 Å². The molecule has 7 heteroatoms. The van der Waals surface area contributed by atoms with E-state index in [1.54, 1.807) is 39.7 Å². The summed E-state index contributed by atoms with van der Waals surface area (Å²) in [5.74, 6) is -0.679. The number of rotatable bonds is 3. The van der Waals surface area contributed by atoms with E-state index in [2.05, 4.69) is 15.3 Å². The summed E-state index contributed by atoms with van der Waals surface area (Å²) in [4.78, 5) is 4.55. The van der Waals surface area contributed by atoms with Crippen LogP contribution in [0.15, 0.2) is 55.0 Å². The van der Waals surface area contributed by atoms with Gasteiger partial charge in [-0.15, -0.1) is 5.10 Å². The maximum absolute atomic E-state index is 13.6. The summed E-state index contributed by atoms with van der Waals surface area (Å²) in [5, 5.41) is 7.72. The van der Waals surface area contributed by atoms with Gasteiger partial charge in [-0.25, -0.2) is 18.4 Å². The van der Waals surface area contributed by atoms with Gasteiger partial charge in [-0.05, 0) is 36.4 Å². The van der Waals surface area contributed by atoms with E-state index in [1.807, 2.05) is 0 Å². The van der Waals surface area contributed by atoms with Gasteiger partial charge in [0.15, 0.2) is 0 Å². The Morgan fingerprint density at radius 1 is 0.957 bits per heavy atom. The Morgan fingerprint density at radius 2 is 1.74 bits per heavy atom. The second-order valence-corrected chi connectivity index (χ2v) is 5.09.